The summed E-state index contributed by atoms with van der Waals surface area (Å²) < 4.78 is 0. The number of aryl methyl sites for hydroxylation is 1. The van der Waals surface area contributed by atoms with Gasteiger partial charge >= 0.3 is 0 Å². The molecule has 1 aliphatic carbocycles. The predicted octanol–water partition coefficient (Wildman–Crippen LogP) is 1.64. The van der Waals surface area contributed by atoms with Crippen molar-refractivity contribution in [3.8, 4) is 6.07 Å². The van der Waals surface area contributed by atoms with Gasteiger partial charge in [0, 0.05) is 19.1 Å². The maximum atomic E-state index is 9.33. The van der Waals surface area contributed by atoms with E-state index in [4.69, 9.17) is 0 Å². The predicted molar refractivity (Wildman–Crippen MR) is 75.0 cm³/mol. The summed E-state index contributed by atoms with van der Waals surface area (Å²) >= 11 is 0. The van der Waals surface area contributed by atoms with Crippen molar-refractivity contribution in [1.29, 1.82) is 5.26 Å². The standard InChI is InChI=1S/C14H21N5/c1-3-11-12(9-15)14(19-18-13(11)4-2)17-8-7-16-10-5-6-10/h10,16H,3-8H2,1-2H3,(H,17,19). The van der Waals surface area contributed by atoms with Crippen LogP contribution in [0.1, 0.15) is 43.5 Å². The van der Waals surface area contributed by atoms with Crippen LogP contribution < -0.4 is 10.6 Å². The van der Waals surface area contributed by atoms with Gasteiger partial charge in [-0.3, -0.25) is 0 Å². The second-order valence-electron chi connectivity index (χ2n) is 4.82. The molecule has 0 unspecified atom stereocenters. The monoisotopic (exact) mass is 259 g/mol. The molecular formula is C14H21N5. The van der Waals surface area contributed by atoms with E-state index in [0.29, 0.717) is 17.4 Å². The van der Waals surface area contributed by atoms with Gasteiger partial charge in [-0.1, -0.05) is 13.8 Å². The van der Waals surface area contributed by atoms with Gasteiger partial charge < -0.3 is 10.6 Å². The van der Waals surface area contributed by atoms with Gasteiger partial charge in [0.1, 0.15) is 11.6 Å². The number of nitrogens with one attached hydrogen (secondary N) is 2. The quantitative estimate of drug-likeness (QED) is 0.728. The summed E-state index contributed by atoms with van der Waals surface area (Å²) in [6.07, 6.45) is 4.20. The van der Waals surface area contributed by atoms with Gasteiger partial charge in [-0.2, -0.15) is 10.4 Å². The van der Waals surface area contributed by atoms with Crippen LogP contribution >= 0.6 is 0 Å². The SMILES string of the molecule is CCc1nnc(NCCNC2CC2)c(C#N)c1CC. The Balaban J connectivity index is 2.03. The van der Waals surface area contributed by atoms with E-state index >= 15 is 0 Å². The van der Waals surface area contributed by atoms with Crippen molar-refractivity contribution in [3.63, 3.8) is 0 Å². The normalized spacial score (nSPS) is 14.2. The molecule has 1 aromatic rings. The Bertz CT molecular complexity index is 473. The molecule has 2 rings (SSSR count). The van der Waals surface area contributed by atoms with E-state index in [1.54, 1.807) is 0 Å². The topological polar surface area (TPSA) is 73.6 Å². The maximum Gasteiger partial charge on any atom is 0.166 e. The van der Waals surface area contributed by atoms with Gasteiger partial charge in [-0.15, -0.1) is 5.10 Å². The van der Waals surface area contributed by atoms with Gasteiger partial charge in [0.05, 0.1) is 5.69 Å². The average Bonchev–Trinajstić information content (AvgIpc) is 3.26. The molecule has 0 aromatic carbocycles. The van der Waals surface area contributed by atoms with E-state index in [1.165, 1.54) is 12.8 Å². The van der Waals surface area contributed by atoms with Crippen molar-refractivity contribution in [2.24, 2.45) is 0 Å². The summed E-state index contributed by atoms with van der Waals surface area (Å²) in [4.78, 5) is 0. The fourth-order valence-corrected chi connectivity index (χ4v) is 2.16. The summed E-state index contributed by atoms with van der Waals surface area (Å²) in [6.45, 7) is 5.76. The number of hydrogen-bond donors (Lipinski definition) is 2. The van der Waals surface area contributed by atoms with Gasteiger partial charge in [-0.25, -0.2) is 0 Å². The minimum atomic E-state index is 0.620. The molecule has 2 N–H and O–H groups in total. The third-order valence-corrected chi connectivity index (χ3v) is 3.39. The highest BCUT2D eigenvalue weighted by Gasteiger charge is 2.19. The first-order valence-electron chi connectivity index (χ1n) is 7.05. The molecular weight excluding hydrogens is 238 g/mol. The third kappa shape index (κ3) is 3.42. The molecule has 1 heterocycles. The maximum absolute atomic E-state index is 9.33. The van der Waals surface area contributed by atoms with Crippen molar-refractivity contribution >= 4 is 5.82 Å². The molecule has 5 nitrogen and oxygen atoms in total. The minimum absolute atomic E-state index is 0.620. The Hall–Kier alpha value is -1.67. The first-order valence-corrected chi connectivity index (χ1v) is 7.05. The van der Waals surface area contributed by atoms with E-state index in [1.807, 2.05) is 6.92 Å². The third-order valence-electron chi connectivity index (χ3n) is 3.39. The molecule has 19 heavy (non-hydrogen) atoms. The van der Waals surface area contributed by atoms with Crippen LogP contribution in [0, 0.1) is 11.3 Å². The van der Waals surface area contributed by atoms with E-state index < -0.39 is 0 Å². The molecule has 102 valence electrons. The van der Waals surface area contributed by atoms with Crippen molar-refractivity contribution in [2.75, 3.05) is 18.4 Å². The van der Waals surface area contributed by atoms with Crippen LogP contribution in [0.5, 0.6) is 0 Å². The van der Waals surface area contributed by atoms with E-state index in [0.717, 1.165) is 37.2 Å². The smallest absolute Gasteiger partial charge is 0.166 e. The molecule has 1 saturated carbocycles. The Morgan fingerprint density at radius 1 is 1.21 bits per heavy atom. The van der Waals surface area contributed by atoms with Gasteiger partial charge in [0.15, 0.2) is 5.82 Å². The fourth-order valence-electron chi connectivity index (χ4n) is 2.16. The summed E-state index contributed by atoms with van der Waals surface area (Å²) in [6, 6.07) is 2.97. The molecule has 5 heteroatoms. The van der Waals surface area contributed by atoms with Crippen LogP contribution in [0.3, 0.4) is 0 Å². The second kappa shape index (κ2) is 6.48. The van der Waals surface area contributed by atoms with Crippen molar-refractivity contribution in [1.82, 2.24) is 15.5 Å². The zero-order valence-electron chi connectivity index (χ0n) is 11.7. The number of anilines is 1. The van der Waals surface area contributed by atoms with E-state index in [2.05, 4.69) is 33.8 Å². The first kappa shape index (κ1) is 13.8. The lowest BCUT2D eigenvalue weighted by Gasteiger charge is -2.12. The Morgan fingerprint density at radius 3 is 2.58 bits per heavy atom. The second-order valence-corrected chi connectivity index (χ2v) is 4.82. The number of aromatic nitrogens is 2. The van der Waals surface area contributed by atoms with Crippen molar-refractivity contribution in [2.45, 2.75) is 45.6 Å². The number of nitrogens with zero attached hydrogens (tertiary/aromatic N) is 3. The summed E-state index contributed by atoms with van der Waals surface area (Å²) in [7, 11) is 0. The lowest BCUT2D eigenvalue weighted by Crippen LogP contribution is -2.24. The van der Waals surface area contributed by atoms with Crippen LogP contribution in [0.4, 0.5) is 5.82 Å². The first-order chi connectivity index (χ1) is 9.30. The molecule has 0 saturated heterocycles. The molecule has 0 bridgehead atoms. The Morgan fingerprint density at radius 2 is 2.00 bits per heavy atom. The van der Waals surface area contributed by atoms with E-state index in [9.17, 15) is 5.26 Å². The fraction of sp³-hybridized carbons (Fsp3) is 0.643. The Labute approximate surface area is 114 Å². The zero-order chi connectivity index (χ0) is 13.7. The molecule has 1 aliphatic rings. The van der Waals surface area contributed by atoms with Crippen molar-refractivity contribution in [3.05, 3.63) is 16.8 Å². The molecule has 0 radical (unpaired) electrons. The summed E-state index contributed by atoms with van der Waals surface area (Å²) in [5.74, 6) is 0.620. The molecule has 1 aromatic heterocycles. The van der Waals surface area contributed by atoms with E-state index in [-0.39, 0.29) is 0 Å². The lowest BCUT2D eigenvalue weighted by atomic mass is 10.0. The number of nitriles is 1. The Kier molecular flexibility index (Phi) is 4.69. The molecule has 0 aliphatic heterocycles. The highest BCUT2D eigenvalue weighted by Crippen LogP contribution is 2.20. The number of rotatable bonds is 7. The zero-order valence-corrected chi connectivity index (χ0v) is 11.7. The highest BCUT2D eigenvalue weighted by molar-refractivity contribution is 5.56. The van der Waals surface area contributed by atoms with Gasteiger partial charge in [0.25, 0.3) is 0 Å². The summed E-state index contributed by atoms with van der Waals surface area (Å²) in [5, 5.41) is 24.3. The van der Waals surface area contributed by atoms with Crippen LogP contribution in [0.25, 0.3) is 0 Å². The van der Waals surface area contributed by atoms with Gasteiger partial charge in [-0.05, 0) is 31.2 Å². The molecule has 0 spiro atoms. The number of hydrogen-bond acceptors (Lipinski definition) is 5. The van der Waals surface area contributed by atoms with Crippen LogP contribution in [0.15, 0.2) is 0 Å². The molecule has 0 atom stereocenters. The van der Waals surface area contributed by atoms with Crippen molar-refractivity contribution < 1.29 is 0 Å². The molecule has 0 amide bonds. The highest BCUT2D eigenvalue weighted by atomic mass is 15.2. The largest absolute Gasteiger partial charge is 0.366 e. The van der Waals surface area contributed by atoms with Crippen LogP contribution in [-0.4, -0.2) is 29.3 Å². The van der Waals surface area contributed by atoms with Crippen LogP contribution in [-0.2, 0) is 12.8 Å². The van der Waals surface area contributed by atoms with Crippen LogP contribution in [0.2, 0.25) is 0 Å². The van der Waals surface area contributed by atoms with Gasteiger partial charge in [0.2, 0.25) is 0 Å². The minimum Gasteiger partial charge on any atom is -0.366 e. The molecule has 1 fully saturated rings. The average molecular weight is 259 g/mol. The summed E-state index contributed by atoms with van der Waals surface area (Å²) in [5.41, 5.74) is 2.61. The lowest BCUT2D eigenvalue weighted by molar-refractivity contribution is 0.699.